The fourth-order valence-electron chi connectivity index (χ4n) is 0.427. The Morgan fingerprint density at radius 3 is 2.18 bits per heavy atom. The molecule has 68 valence electrons. The van der Waals surface area contributed by atoms with Crippen molar-refractivity contribution in [1.29, 1.82) is 0 Å². The lowest BCUT2D eigenvalue weighted by Crippen LogP contribution is -2.22. The Labute approximate surface area is 76.5 Å². The van der Waals surface area contributed by atoms with Crippen LogP contribution in [0.2, 0.25) is 0 Å². The molecule has 0 amide bonds. The molecule has 0 aromatic rings. The highest BCUT2D eigenvalue weighted by molar-refractivity contribution is 6.28. The Hall–Kier alpha value is 0.460. The van der Waals surface area contributed by atoms with E-state index in [4.69, 9.17) is 37.4 Å². The second-order valence-electron chi connectivity index (χ2n) is 1.80. The van der Waals surface area contributed by atoms with Crippen LogP contribution < -0.4 is 0 Å². The fourth-order valence-corrected chi connectivity index (χ4v) is 0.691. The first-order valence-electron chi connectivity index (χ1n) is 3.14. The monoisotopic (exact) mass is 202 g/mol. The second-order valence-corrected chi connectivity index (χ2v) is 2.66. The molecule has 0 fully saturated rings. The smallest absolute Gasteiger partial charge is 0.171 e. The van der Waals surface area contributed by atoms with Gasteiger partial charge >= 0.3 is 0 Å². The Morgan fingerprint density at radius 2 is 1.73 bits per heavy atom. The summed E-state index contributed by atoms with van der Waals surface area (Å²) >= 11 is 11.2. The third kappa shape index (κ3) is 5.70. The third-order valence-corrected chi connectivity index (χ3v) is 1.89. The van der Waals surface area contributed by atoms with Crippen LogP contribution in [0.25, 0.3) is 0 Å². The first-order valence-corrected chi connectivity index (χ1v) is 4.01. The van der Waals surface area contributed by atoms with E-state index in [2.05, 4.69) is 0 Å². The Morgan fingerprint density at radius 1 is 1.09 bits per heavy atom. The topological polar surface area (TPSA) is 27.7 Å². The van der Waals surface area contributed by atoms with Crippen LogP contribution in [0.4, 0.5) is 0 Å². The van der Waals surface area contributed by atoms with Gasteiger partial charge in [-0.1, -0.05) is 23.2 Å². The van der Waals surface area contributed by atoms with Gasteiger partial charge in [0.15, 0.2) is 11.1 Å². The van der Waals surface area contributed by atoms with E-state index in [-0.39, 0.29) is 0 Å². The average molecular weight is 203 g/mol. The summed E-state index contributed by atoms with van der Waals surface area (Å²) in [6.45, 7) is 0.911. The number of methoxy groups -OCH3 is 2. The van der Waals surface area contributed by atoms with Gasteiger partial charge in [-0.15, -0.1) is 0 Å². The molecule has 0 bridgehead atoms. The summed E-state index contributed by atoms with van der Waals surface area (Å²) in [4.78, 5) is 0. The standard InChI is InChI=1S/C6H12Cl2O3/c1-9-3-4-11-6(8)5(7)10-2/h5-6H,3-4H2,1-2H3. The summed E-state index contributed by atoms with van der Waals surface area (Å²) in [6.07, 6.45) is 0. The predicted molar refractivity (Wildman–Crippen MR) is 44.1 cm³/mol. The quantitative estimate of drug-likeness (QED) is 0.482. The van der Waals surface area contributed by atoms with Crippen molar-refractivity contribution in [3.05, 3.63) is 0 Å². The molecule has 0 aliphatic heterocycles. The molecule has 3 nitrogen and oxygen atoms in total. The molecule has 0 aliphatic rings. The first-order chi connectivity index (χ1) is 5.22. The number of hydrogen-bond acceptors (Lipinski definition) is 3. The van der Waals surface area contributed by atoms with Gasteiger partial charge in [-0.3, -0.25) is 0 Å². The minimum atomic E-state index is -0.628. The fraction of sp³-hybridized carbons (Fsp3) is 1.00. The SMILES string of the molecule is COCCOC(Cl)C(Cl)OC. The van der Waals surface area contributed by atoms with Gasteiger partial charge in [-0.05, 0) is 0 Å². The van der Waals surface area contributed by atoms with E-state index in [0.29, 0.717) is 13.2 Å². The molecule has 0 heterocycles. The molecule has 0 rings (SSSR count). The van der Waals surface area contributed by atoms with Crippen LogP contribution in [0.15, 0.2) is 0 Å². The van der Waals surface area contributed by atoms with Gasteiger partial charge in [-0.25, -0.2) is 0 Å². The van der Waals surface area contributed by atoms with Crippen molar-refractivity contribution in [2.24, 2.45) is 0 Å². The molecule has 0 saturated carbocycles. The van der Waals surface area contributed by atoms with Crippen LogP contribution in [0.5, 0.6) is 0 Å². The van der Waals surface area contributed by atoms with E-state index >= 15 is 0 Å². The molecule has 2 atom stereocenters. The van der Waals surface area contributed by atoms with Crippen molar-refractivity contribution in [3.8, 4) is 0 Å². The van der Waals surface area contributed by atoms with E-state index in [1.807, 2.05) is 0 Å². The van der Waals surface area contributed by atoms with Crippen molar-refractivity contribution in [2.75, 3.05) is 27.4 Å². The molecule has 5 heteroatoms. The van der Waals surface area contributed by atoms with Crippen molar-refractivity contribution in [2.45, 2.75) is 11.1 Å². The zero-order valence-electron chi connectivity index (χ0n) is 6.55. The highest BCUT2D eigenvalue weighted by atomic mass is 35.5. The molecular formula is C6H12Cl2O3. The number of rotatable bonds is 6. The van der Waals surface area contributed by atoms with Crippen molar-refractivity contribution >= 4 is 23.2 Å². The number of halogens is 2. The summed E-state index contributed by atoms with van der Waals surface area (Å²) in [5.74, 6) is 0. The van der Waals surface area contributed by atoms with E-state index in [1.165, 1.54) is 7.11 Å². The number of hydrogen-bond donors (Lipinski definition) is 0. The van der Waals surface area contributed by atoms with Gasteiger partial charge in [0.05, 0.1) is 13.2 Å². The molecule has 0 aromatic heterocycles. The van der Waals surface area contributed by atoms with Crippen molar-refractivity contribution < 1.29 is 14.2 Å². The zero-order chi connectivity index (χ0) is 8.69. The summed E-state index contributed by atoms with van der Waals surface area (Å²) in [7, 11) is 3.05. The lowest BCUT2D eigenvalue weighted by molar-refractivity contribution is 0.00258. The molecule has 0 N–H and O–H groups in total. The van der Waals surface area contributed by atoms with E-state index < -0.39 is 11.1 Å². The largest absolute Gasteiger partial charge is 0.382 e. The summed E-state index contributed by atoms with van der Waals surface area (Å²) in [5.41, 5.74) is -1.25. The number of alkyl halides is 2. The van der Waals surface area contributed by atoms with Crippen molar-refractivity contribution in [3.63, 3.8) is 0 Å². The summed E-state index contributed by atoms with van der Waals surface area (Å²) in [6, 6.07) is 0. The van der Waals surface area contributed by atoms with Crippen LogP contribution in [-0.4, -0.2) is 38.6 Å². The van der Waals surface area contributed by atoms with Crippen LogP contribution in [-0.2, 0) is 14.2 Å². The lowest BCUT2D eigenvalue weighted by atomic mass is 10.7. The highest BCUT2D eigenvalue weighted by Crippen LogP contribution is 2.11. The van der Waals surface area contributed by atoms with Crippen LogP contribution in [0.1, 0.15) is 0 Å². The molecule has 0 saturated heterocycles. The van der Waals surface area contributed by atoms with Gasteiger partial charge in [0.25, 0.3) is 0 Å². The predicted octanol–water partition coefficient (Wildman–Crippen LogP) is 1.43. The van der Waals surface area contributed by atoms with Gasteiger partial charge in [0, 0.05) is 14.2 Å². The van der Waals surface area contributed by atoms with Gasteiger partial charge < -0.3 is 14.2 Å². The molecule has 0 radical (unpaired) electrons. The normalized spacial score (nSPS) is 16.4. The summed E-state index contributed by atoms with van der Waals surface area (Å²) < 4.78 is 14.5. The maximum Gasteiger partial charge on any atom is 0.171 e. The first kappa shape index (κ1) is 11.5. The van der Waals surface area contributed by atoms with E-state index in [1.54, 1.807) is 7.11 Å². The summed E-state index contributed by atoms with van der Waals surface area (Å²) in [5, 5.41) is 0. The minimum absolute atomic E-state index is 0.414. The van der Waals surface area contributed by atoms with Gasteiger partial charge in [0.1, 0.15) is 0 Å². The maximum atomic E-state index is 5.63. The van der Waals surface area contributed by atoms with Crippen molar-refractivity contribution in [1.82, 2.24) is 0 Å². The molecule has 11 heavy (non-hydrogen) atoms. The highest BCUT2D eigenvalue weighted by Gasteiger charge is 2.15. The Balaban J connectivity index is 3.28. The average Bonchev–Trinajstić information content (AvgIpc) is 2.03. The van der Waals surface area contributed by atoms with Crippen LogP contribution in [0.3, 0.4) is 0 Å². The maximum absolute atomic E-state index is 5.63. The minimum Gasteiger partial charge on any atom is -0.382 e. The second kappa shape index (κ2) is 7.13. The zero-order valence-corrected chi connectivity index (χ0v) is 8.06. The Kier molecular flexibility index (Phi) is 7.43. The molecule has 0 spiro atoms. The molecular weight excluding hydrogens is 191 g/mol. The van der Waals surface area contributed by atoms with E-state index in [0.717, 1.165) is 0 Å². The van der Waals surface area contributed by atoms with Gasteiger partial charge in [-0.2, -0.15) is 0 Å². The van der Waals surface area contributed by atoms with Crippen LogP contribution in [0, 0.1) is 0 Å². The van der Waals surface area contributed by atoms with E-state index in [9.17, 15) is 0 Å². The third-order valence-electron chi connectivity index (χ3n) is 0.996. The van der Waals surface area contributed by atoms with Crippen LogP contribution >= 0.6 is 23.2 Å². The lowest BCUT2D eigenvalue weighted by Gasteiger charge is -2.14. The van der Waals surface area contributed by atoms with Gasteiger partial charge in [0.2, 0.25) is 0 Å². The number of ether oxygens (including phenoxy) is 3. The molecule has 2 unspecified atom stereocenters. The molecule has 0 aromatic carbocycles. The molecule has 0 aliphatic carbocycles. The Bertz CT molecular complexity index is 91.9.